The normalized spacial score (nSPS) is 29.4. The Morgan fingerprint density at radius 2 is 1.94 bits per heavy atom. The van der Waals surface area contributed by atoms with Crippen molar-refractivity contribution in [2.75, 3.05) is 6.54 Å². The van der Waals surface area contributed by atoms with E-state index in [1.165, 1.54) is 6.07 Å². The van der Waals surface area contributed by atoms with E-state index in [0.29, 0.717) is 37.1 Å². The minimum Gasteiger partial charge on any atom is -0.508 e. The van der Waals surface area contributed by atoms with Gasteiger partial charge in [-0.1, -0.05) is 88.0 Å². The molecule has 0 saturated heterocycles. The smallest absolute Gasteiger partial charge is 0.252 e. The molecule has 1 spiro atoms. The van der Waals surface area contributed by atoms with Crippen molar-refractivity contribution < 1.29 is 39.6 Å². The monoisotopic (exact) mass is 839 g/mol. The number of unbranched alkanes of at least 4 members (excludes halogenated alkanes) is 2. The van der Waals surface area contributed by atoms with Crippen LogP contribution in [0, 0.1) is 53.0 Å². The zero-order valence-corrected chi connectivity index (χ0v) is 35.7. The number of hydrogen-bond acceptors (Lipinski definition) is 10. The summed E-state index contributed by atoms with van der Waals surface area (Å²) >= 11 is 0. The van der Waals surface area contributed by atoms with Crippen molar-refractivity contribution in [3.05, 3.63) is 94.0 Å². The summed E-state index contributed by atoms with van der Waals surface area (Å²) in [5, 5.41) is 49.1. The Labute approximate surface area is 364 Å². The SMILES string of the molecule is CCCCC[C@H](C(=O)CCc1cc2c(cc1O)OC#CC1(CCCC1)[C@@H]1C#C[C@@H](O)c3ccc4c(c3CC3=CN=C5C[NH+](C=C35)[C@H]1O2)C=CN[C@H]4N)[C@H](O)[C@@H]1C=C[C@H](C)C[C@H]1O. The summed E-state index contributed by atoms with van der Waals surface area (Å²) < 4.78 is 13.3. The van der Waals surface area contributed by atoms with Crippen LogP contribution in [0.2, 0.25) is 0 Å². The Kier molecular flexibility index (Phi) is 11.9. The third kappa shape index (κ3) is 8.02. The lowest BCUT2D eigenvalue weighted by molar-refractivity contribution is -0.888. The van der Waals surface area contributed by atoms with Gasteiger partial charge in [-0.3, -0.25) is 14.7 Å². The molecule has 1 saturated carbocycles. The van der Waals surface area contributed by atoms with Crippen LogP contribution in [0.1, 0.15) is 118 Å². The van der Waals surface area contributed by atoms with Gasteiger partial charge in [-0.15, -0.1) is 0 Å². The highest BCUT2D eigenvalue weighted by atomic mass is 16.5. The Morgan fingerprint density at radius 1 is 1.11 bits per heavy atom. The summed E-state index contributed by atoms with van der Waals surface area (Å²) in [6.07, 6.45) is 19.2. The van der Waals surface area contributed by atoms with Crippen molar-refractivity contribution in [1.82, 2.24) is 5.32 Å². The molecule has 10 atom stereocenters. The van der Waals surface area contributed by atoms with E-state index in [1.54, 1.807) is 6.07 Å². The second-order valence-corrected chi connectivity index (χ2v) is 18.5. The number of aromatic hydroxyl groups is 1. The van der Waals surface area contributed by atoms with E-state index in [4.69, 9.17) is 20.2 Å². The number of fused-ring (bicyclic) bond motifs is 8. The van der Waals surface area contributed by atoms with E-state index in [1.807, 2.05) is 49.7 Å². The molecule has 2 aromatic rings. The molecule has 9 rings (SSSR count). The number of nitrogens with two attached hydrogens (primary N) is 1. The lowest BCUT2D eigenvalue weighted by atomic mass is 9.73. The number of benzene rings is 2. The molecule has 5 heterocycles. The first kappa shape index (κ1) is 42.2. The quantitative estimate of drug-likeness (QED) is 0.0966. The third-order valence-corrected chi connectivity index (χ3v) is 14.4. The van der Waals surface area contributed by atoms with E-state index in [-0.39, 0.29) is 42.2 Å². The van der Waals surface area contributed by atoms with E-state index in [2.05, 4.69) is 42.3 Å². The second-order valence-electron chi connectivity index (χ2n) is 18.5. The van der Waals surface area contributed by atoms with Crippen LogP contribution < -0.4 is 25.4 Å². The Balaban J connectivity index is 1.06. The number of carbonyl (C=O) groups excluding carboxylic acids is 1. The van der Waals surface area contributed by atoms with Crippen LogP contribution in [0.5, 0.6) is 17.2 Å². The van der Waals surface area contributed by atoms with Gasteiger partial charge in [-0.2, -0.15) is 0 Å². The maximum Gasteiger partial charge on any atom is 0.252 e. The zero-order chi connectivity index (χ0) is 43.1. The van der Waals surface area contributed by atoms with Crippen molar-refractivity contribution in [1.29, 1.82) is 0 Å². The van der Waals surface area contributed by atoms with Gasteiger partial charge in [0.25, 0.3) is 6.23 Å². The molecule has 1 unspecified atom stereocenters. The molecule has 0 radical (unpaired) electrons. The molecule has 0 aromatic heterocycles. The summed E-state index contributed by atoms with van der Waals surface area (Å²) in [6.45, 7) is 4.69. The van der Waals surface area contributed by atoms with E-state index >= 15 is 0 Å². The Morgan fingerprint density at radius 3 is 2.74 bits per heavy atom. The molecule has 62 heavy (non-hydrogen) atoms. The number of Topliss-reactive ketones (excluding diaryl/α,β-unsaturated/α-hetero) is 1. The van der Waals surface area contributed by atoms with Crippen LogP contribution >= 0.6 is 0 Å². The molecule has 5 aliphatic heterocycles. The number of hydrogen-bond donors (Lipinski definition) is 7. The van der Waals surface area contributed by atoms with Crippen molar-refractivity contribution >= 4 is 17.6 Å². The number of phenolic OH excluding ortho intramolecular Hbond substituents is 1. The molecule has 11 heteroatoms. The average molecular weight is 840 g/mol. The first-order chi connectivity index (χ1) is 30.0. The fraction of sp³-hybridized carbons (Fsp3) is 0.490. The van der Waals surface area contributed by atoms with Gasteiger partial charge in [0, 0.05) is 36.9 Å². The van der Waals surface area contributed by atoms with Crippen molar-refractivity contribution in [2.45, 2.75) is 122 Å². The lowest BCUT2D eigenvalue weighted by Gasteiger charge is -2.36. The number of ether oxygens (including phenoxy) is 2. The zero-order valence-electron chi connectivity index (χ0n) is 35.7. The summed E-state index contributed by atoms with van der Waals surface area (Å²) in [7, 11) is 0. The number of allylic oxidation sites excluding steroid dienone is 2. The van der Waals surface area contributed by atoms with Gasteiger partial charge < -0.3 is 41.0 Å². The fourth-order valence-corrected chi connectivity index (χ4v) is 10.8. The first-order valence-corrected chi connectivity index (χ1v) is 22.7. The number of nitrogens with one attached hydrogen (secondary N) is 2. The topological polar surface area (TPSA) is 171 Å². The van der Waals surface area contributed by atoms with Gasteiger partial charge in [0.2, 0.25) is 0 Å². The maximum atomic E-state index is 14.1. The van der Waals surface area contributed by atoms with Gasteiger partial charge in [0.1, 0.15) is 54.3 Å². The second kappa shape index (κ2) is 17.6. The van der Waals surface area contributed by atoms with Gasteiger partial charge in [0.15, 0.2) is 11.5 Å². The highest BCUT2D eigenvalue weighted by molar-refractivity contribution is 6.08. The Bertz CT molecular complexity index is 2390. The minimum atomic E-state index is -1.09. The number of carbonyl (C=O) groups is 1. The highest BCUT2D eigenvalue weighted by Crippen LogP contribution is 2.47. The maximum absolute atomic E-state index is 14.1. The van der Waals surface area contributed by atoms with Crippen LogP contribution in [-0.4, -0.2) is 56.9 Å². The molecular weight excluding hydrogens is 781 g/mol. The molecule has 7 aliphatic rings. The summed E-state index contributed by atoms with van der Waals surface area (Å²) in [5.41, 5.74) is 13.1. The van der Waals surface area contributed by atoms with E-state index in [0.717, 1.165) is 89.0 Å². The number of aliphatic hydroxyl groups excluding tert-OH is 3. The lowest BCUT2D eigenvalue weighted by Crippen LogP contribution is -3.13. The third-order valence-electron chi connectivity index (χ3n) is 14.4. The average Bonchev–Trinajstić information content (AvgIpc) is 4.00. The number of quaternary nitrogens is 1. The molecule has 2 bridgehead atoms. The fourth-order valence-electron chi connectivity index (χ4n) is 10.8. The number of aryl methyl sites for hydroxylation is 1. The molecule has 8 N–H and O–H groups in total. The summed E-state index contributed by atoms with van der Waals surface area (Å²) in [5.74, 6) is 9.43. The summed E-state index contributed by atoms with van der Waals surface area (Å²) in [6, 6.07) is 7.17. The number of phenols is 1. The van der Waals surface area contributed by atoms with Gasteiger partial charge in [-0.25, -0.2) is 0 Å². The van der Waals surface area contributed by atoms with Crippen molar-refractivity contribution in [2.24, 2.45) is 39.8 Å². The predicted octanol–water partition coefficient (Wildman–Crippen LogP) is 5.20. The molecule has 0 amide bonds. The standard InChI is InChI=1S/C51H58N4O7/c1-3-4-5-8-36(48(60)37-11-9-30(2)23-45(37)59)43(57)15-10-31-25-47-46(26-44(31)58)61-22-20-51(18-6-7-19-51)40-14-16-42(56)34-12-13-35-33(17-21-53-49(35)52)38(34)24-32-27-54-41-29-55(28-39(32)41)50(40)62-47/h9,11-13,17,21,25-28,30,36-37,40,42,45,48-50,53,56,58-60H,3-8,10,15,18-19,23-24,29,52H2,1-2H3/p+1/t30-,36+,37+,40+,42+,45+,48-,49+,50-/m0/s1. The number of ketones is 1. The number of aliphatic hydroxyl groups is 3. The van der Waals surface area contributed by atoms with E-state index in [9.17, 15) is 25.2 Å². The van der Waals surface area contributed by atoms with Gasteiger partial charge in [-0.05, 0) is 89.8 Å². The van der Waals surface area contributed by atoms with Crippen LogP contribution in [0.25, 0.3) is 6.08 Å². The first-order valence-electron chi connectivity index (χ1n) is 22.7. The van der Waals surface area contributed by atoms with Crippen LogP contribution in [0.3, 0.4) is 0 Å². The highest BCUT2D eigenvalue weighted by Gasteiger charge is 2.51. The molecule has 2 aromatic carbocycles. The molecule has 324 valence electrons. The molecule has 11 nitrogen and oxygen atoms in total. The number of rotatable bonds is 10. The van der Waals surface area contributed by atoms with Crippen LogP contribution in [-0.2, 0) is 17.6 Å². The summed E-state index contributed by atoms with van der Waals surface area (Å²) in [4.78, 5) is 20.0. The molecular formula is C51H59N4O7+. The molecule has 1 fully saturated rings. The van der Waals surface area contributed by atoms with Gasteiger partial charge in [0.05, 0.1) is 23.2 Å². The number of aliphatic imine (C=N–C) groups is 1. The van der Waals surface area contributed by atoms with Crippen LogP contribution in [0.4, 0.5) is 0 Å². The largest absolute Gasteiger partial charge is 0.508 e. The van der Waals surface area contributed by atoms with Crippen molar-refractivity contribution in [3.63, 3.8) is 0 Å². The number of nitrogens with zero attached hydrogens (tertiary/aromatic N) is 1. The minimum absolute atomic E-state index is 0.0422. The van der Waals surface area contributed by atoms with Crippen LogP contribution in [0.15, 0.2) is 71.2 Å². The predicted molar refractivity (Wildman–Crippen MR) is 236 cm³/mol. The van der Waals surface area contributed by atoms with Crippen molar-refractivity contribution in [3.8, 4) is 41.1 Å². The molecule has 2 aliphatic carbocycles. The Hall–Kier alpha value is -5.14. The van der Waals surface area contributed by atoms with Gasteiger partial charge >= 0.3 is 0 Å². The van der Waals surface area contributed by atoms with E-state index < -0.39 is 47.7 Å².